The molecule has 0 aliphatic rings. The zero-order chi connectivity index (χ0) is 17.9. The maximum atomic E-state index is 11.8. The Morgan fingerprint density at radius 1 is 1.04 bits per heavy atom. The molecule has 0 aromatic heterocycles. The van der Waals surface area contributed by atoms with Gasteiger partial charge in [0.15, 0.2) is 0 Å². The van der Waals surface area contributed by atoms with E-state index >= 15 is 0 Å². The van der Waals surface area contributed by atoms with Gasteiger partial charge < -0.3 is 14.4 Å². The van der Waals surface area contributed by atoms with Gasteiger partial charge in [-0.05, 0) is 50.1 Å². The number of hydrogen-bond donors (Lipinski definition) is 0. The van der Waals surface area contributed by atoms with E-state index in [1.165, 1.54) is 11.3 Å². The molecule has 0 aliphatic heterocycles. The Balaban J connectivity index is 1.62. The molecule has 0 aliphatic carbocycles. The van der Waals surface area contributed by atoms with Gasteiger partial charge in [-0.25, -0.2) is 0 Å². The van der Waals surface area contributed by atoms with E-state index in [0.717, 1.165) is 25.3 Å². The molecule has 0 saturated carbocycles. The van der Waals surface area contributed by atoms with Gasteiger partial charge in [0.1, 0.15) is 19.0 Å². The van der Waals surface area contributed by atoms with Crippen LogP contribution in [0.1, 0.15) is 25.3 Å². The second kappa shape index (κ2) is 10.4. The summed E-state index contributed by atoms with van der Waals surface area (Å²) >= 11 is 0. The van der Waals surface area contributed by atoms with Gasteiger partial charge in [0.25, 0.3) is 0 Å². The average Bonchev–Trinajstić information content (AvgIpc) is 2.63. The lowest BCUT2D eigenvalue weighted by molar-refractivity contribution is -0.144. The van der Waals surface area contributed by atoms with Crippen LogP contribution in [0.5, 0.6) is 5.75 Å². The fourth-order valence-electron chi connectivity index (χ4n) is 2.61. The third-order valence-electron chi connectivity index (χ3n) is 3.92. The molecule has 4 heteroatoms. The minimum atomic E-state index is -0.169. The molecule has 0 spiro atoms. The van der Waals surface area contributed by atoms with E-state index in [4.69, 9.17) is 9.47 Å². The zero-order valence-corrected chi connectivity index (χ0v) is 15.1. The SMILES string of the molecule is CCN(CCCC(=O)OCCOc1ccccc1)c1cccc(C)c1. The number of nitrogens with zero attached hydrogens (tertiary/aromatic N) is 1. The van der Waals surface area contributed by atoms with Crippen molar-refractivity contribution in [3.05, 3.63) is 60.2 Å². The predicted molar refractivity (Wildman–Crippen MR) is 101 cm³/mol. The molecule has 0 atom stereocenters. The number of benzene rings is 2. The smallest absolute Gasteiger partial charge is 0.305 e. The third-order valence-corrected chi connectivity index (χ3v) is 3.92. The van der Waals surface area contributed by atoms with Crippen LogP contribution < -0.4 is 9.64 Å². The fraction of sp³-hybridized carbons (Fsp3) is 0.381. The summed E-state index contributed by atoms with van der Waals surface area (Å²) in [7, 11) is 0. The Kier molecular flexibility index (Phi) is 7.83. The molecule has 2 aromatic rings. The molecule has 0 heterocycles. The number of aryl methyl sites for hydroxylation is 1. The van der Waals surface area contributed by atoms with E-state index in [0.29, 0.717) is 13.0 Å². The lowest BCUT2D eigenvalue weighted by atomic mass is 10.2. The van der Waals surface area contributed by atoms with Gasteiger partial charge in [-0.3, -0.25) is 4.79 Å². The van der Waals surface area contributed by atoms with Crippen molar-refractivity contribution in [2.45, 2.75) is 26.7 Å². The molecule has 0 N–H and O–H groups in total. The first kappa shape index (κ1) is 18.8. The van der Waals surface area contributed by atoms with Crippen molar-refractivity contribution in [2.24, 2.45) is 0 Å². The summed E-state index contributed by atoms with van der Waals surface area (Å²) in [4.78, 5) is 14.1. The summed E-state index contributed by atoms with van der Waals surface area (Å²) in [5, 5.41) is 0. The maximum absolute atomic E-state index is 11.8. The Hall–Kier alpha value is -2.49. The summed E-state index contributed by atoms with van der Waals surface area (Å²) in [6, 6.07) is 17.9. The van der Waals surface area contributed by atoms with Crippen LogP contribution in [-0.4, -0.2) is 32.3 Å². The molecule has 2 aromatic carbocycles. The Morgan fingerprint density at radius 2 is 1.84 bits per heavy atom. The third kappa shape index (κ3) is 6.87. The Morgan fingerprint density at radius 3 is 2.56 bits per heavy atom. The van der Waals surface area contributed by atoms with Gasteiger partial charge in [-0.15, -0.1) is 0 Å². The zero-order valence-electron chi connectivity index (χ0n) is 15.1. The topological polar surface area (TPSA) is 38.8 Å². The molecule has 25 heavy (non-hydrogen) atoms. The van der Waals surface area contributed by atoms with Crippen LogP contribution in [0, 0.1) is 6.92 Å². The summed E-state index contributed by atoms with van der Waals surface area (Å²) in [6.07, 6.45) is 1.20. The number of para-hydroxylation sites is 1. The summed E-state index contributed by atoms with van der Waals surface area (Å²) in [5.74, 6) is 0.618. The highest BCUT2D eigenvalue weighted by atomic mass is 16.6. The van der Waals surface area contributed by atoms with Crippen LogP contribution in [0.2, 0.25) is 0 Å². The largest absolute Gasteiger partial charge is 0.490 e. The van der Waals surface area contributed by atoms with Crippen LogP contribution in [0.3, 0.4) is 0 Å². The highest BCUT2D eigenvalue weighted by molar-refractivity contribution is 5.69. The van der Waals surface area contributed by atoms with E-state index in [2.05, 4.69) is 43.0 Å². The minimum absolute atomic E-state index is 0.169. The number of rotatable bonds is 10. The second-order valence-corrected chi connectivity index (χ2v) is 5.90. The lowest BCUT2D eigenvalue weighted by Gasteiger charge is -2.23. The van der Waals surface area contributed by atoms with Gasteiger partial charge in [-0.1, -0.05) is 30.3 Å². The van der Waals surface area contributed by atoms with Crippen molar-refractivity contribution in [2.75, 3.05) is 31.2 Å². The van der Waals surface area contributed by atoms with E-state index in [-0.39, 0.29) is 12.6 Å². The monoisotopic (exact) mass is 341 g/mol. The normalized spacial score (nSPS) is 10.3. The van der Waals surface area contributed by atoms with Crippen molar-refractivity contribution in [3.63, 3.8) is 0 Å². The predicted octanol–water partition coefficient (Wildman–Crippen LogP) is 4.22. The van der Waals surface area contributed by atoms with Gasteiger partial charge in [0, 0.05) is 25.2 Å². The fourth-order valence-corrected chi connectivity index (χ4v) is 2.61. The molecule has 0 radical (unpaired) electrons. The highest BCUT2D eigenvalue weighted by Gasteiger charge is 2.07. The molecule has 0 bridgehead atoms. The maximum Gasteiger partial charge on any atom is 0.305 e. The average molecular weight is 341 g/mol. The highest BCUT2D eigenvalue weighted by Crippen LogP contribution is 2.16. The van der Waals surface area contributed by atoms with Crippen LogP contribution in [-0.2, 0) is 9.53 Å². The number of hydrogen-bond acceptors (Lipinski definition) is 4. The van der Waals surface area contributed by atoms with Crippen molar-refractivity contribution >= 4 is 11.7 Å². The van der Waals surface area contributed by atoms with Crippen LogP contribution in [0.4, 0.5) is 5.69 Å². The van der Waals surface area contributed by atoms with Gasteiger partial charge >= 0.3 is 5.97 Å². The molecule has 0 fully saturated rings. The number of ether oxygens (including phenoxy) is 2. The number of carbonyl (C=O) groups is 1. The quantitative estimate of drug-likeness (QED) is 0.479. The first-order chi connectivity index (χ1) is 12.2. The van der Waals surface area contributed by atoms with Gasteiger partial charge in [0.2, 0.25) is 0 Å². The van der Waals surface area contributed by atoms with E-state index in [1.54, 1.807) is 0 Å². The summed E-state index contributed by atoms with van der Waals surface area (Å²) in [5.41, 5.74) is 2.45. The van der Waals surface area contributed by atoms with E-state index in [1.807, 2.05) is 30.3 Å². The van der Waals surface area contributed by atoms with E-state index < -0.39 is 0 Å². The van der Waals surface area contributed by atoms with Crippen LogP contribution >= 0.6 is 0 Å². The van der Waals surface area contributed by atoms with Crippen molar-refractivity contribution in [1.82, 2.24) is 0 Å². The molecule has 0 saturated heterocycles. The summed E-state index contributed by atoms with van der Waals surface area (Å²) in [6.45, 7) is 6.63. The van der Waals surface area contributed by atoms with Crippen LogP contribution in [0.15, 0.2) is 54.6 Å². The van der Waals surface area contributed by atoms with Gasteiger partial charge in [-0.2, -0.15) is 0 Å². The Bertz CT molecular complexity index is 643. The molecular formula is C21H27NO3. The lowest BCUT2D eigenvalue weighted by Crippen LogP contribution is -2.24. The number of esters is 1. The number of anilines is 1. The van der Waals surface area contributed by atoms with Crippen molar-refractivity contribution in [3.8, 4) is 5.75 Å². The molecule has 4 nitrogen and oxygen atoms in total. The molecule has 0 amide bonds. The second-order valence-electron chi connectivity index (χ2n) is 5.90. The standard InChI is InChI=1S/C21H27NO3/c1-3-22(19-10-7-9-18(2)17-19)14-8-13-21(23)25-16-15-24-20-11-5-4-6-12-20/h4-7,9-12,17H,3,8,13-16H2,1-2H3. The molecule has 134 valence electrons. The van der Waals surface area contributed by atoms with Crippen molar-refractivity contribution in [1.29, 1.82) is 0 Å². The molecule has 2 rings (SSSR count). The molecule has 0 unspecified atom stereocenters. The molecular weight excluding hydrogens is 314 g/mol. The van der Waals surface area contributed by atoms with Crippen molar-refractivity contribution < 1.29 is 14.3 Å². The minimum Gasteiger partial charge on any atom is -0.490 e. The van der Waals surface area contributed by atoms with Crippen LogP contribution in [0.25, 0.3) is 0 Å². The first-order valence-electron chi connectivity index (χ1n) is 8.84. The first-order valence-corrected chi connectivity index (χ1v) is 8.84. The van der Waals surface area contributed by atoms with Gasteiger partial charge in [0.05, 0.1) is 0 Å². The van der Waals surface area contributed by atoms with E-state index in [9.17, 15) is 4.79 Å². The Labute approximate surface area is 150 Å². The summed E-state index contributed by atoms with van der Waals surface area (Å²) < 4.78 is 10.7. The number of carbonyl (C=O) groups excluding carboxylic acids is 1.